The smallest absolute Gasteiger partial charge is 0.323 e. The van der Waals surface area contributed by atoms with Crippen LogP contribution in [0.2, 0.25) is 0 Å². The van der Waals surface area contributed by atoms with Crippen molar-refractivity contribution in [1.82, 2.24) is 5.32 Å². The first-order valence-corrected chi connectivity index (χ1v) is 5.00. The summed E-state index contributed by atoms with van der Waals surface area (Å²) in [5.41, 5.74) is 5.11. The van der Waals surface area contributed by atoms with Gasteiger partial charge in [0.15, 0.2) is 0 Å². The van der Waals surface area contributed by atoms with Gasteiger partial charge in [0.05, 0.1) is 7.11 Å². The summed E-state index contributed by atoms with van der Waals surface area (Å²) in [6.07, 6.45) is 0. The van der Waals surface area contributed by atoms with Gasteiger partial charge >= 0.3 is 5.97 Å². The van der Waals surface area contributed by atoms with E-state index in [0.29, 0.717) is 6.54 Å². The second-order valence-electron chi connectivity index (χ2n) is 3.96. The summed E-state index contributed by atoms with van der Waals surface area (Å²) >= 11 is 0. The number of hydrogen-bond acceptors (Lipinski definition) is 4. The molecule has 5 heteroatoms. The lowest BCUT2D eigenvalue weighted by atomic mass is 10.0. The first-order chi connectivity index (χ1) is 6.90. The third-order valence-corrected chi connectivity index (χ3v) is 2.25. The molecule has 0 radical (unpaired) electrons. The Bertz CT molecular complexity index is 229. The fourth-order valence-electron chi connectivity index (χ4n) is 1.12. The number of rotatable bonds is 6. The highest BCUT2D eigenvalue weighted by Gasteiger charge is 2.23. The number of nitrogens with two attached hydrogens (primary N) is 1. The van der Waals surface area contributed by atoms with E-state index in [1.54, 1.807) is 6.92 Å². The first kappa shape index (κ1) is 13.9. The molecular weight excluding hydrogens is 196 g/mol. The highest BCUT2D eigenvalue weighted by atomic mass is 16.5. The van der Waals surface area contributed by atoms with Crippen LogP contribution in [0.25, 0.3) is 0 Å². The van der Waals surface area contributed by atoms with E-state index in [0.717, 1.165) is 0 Å². The molecule has 0 fully saturated rings. The van der Waals surface area contributed by atoms with Crippen LogP contribution in [0.15, 0.2) is 0 Å². The van der Waals surface area contributed by atoms with Gasteiger partial charge in [-0.15, -0.1) is 0 Å². The molecular formula is C10H20N2O3. The number of amides is 1. The second kappa shape index (κ2) is 6.40. The van der Waals surface area contributed by atoms with Gasteiger partial charge in [0.25, 0.3) is 0 Å². The predicted octanol–water partition coefficient (Wildman–Crippen LogP) is -0.105. The van der Waals surface area contributed by atoms with E-state index in [1.165, 1.54) is 7.11 Å². The van der Waals surface area contributed by atoms with E-state index < -0.39 is 6.04 Å². The van der Waals surface area contributed by atoms with Crippen molar-refractivity contribution in [3.8, 4) is 0 Å². The first-order valence-electron chi connectivity index (χ1n) is 5.00. The van der Waals surface area contributed by atoms with Crippen LogP contribution in [0.3, 0.4) is 0 Å². The van der Waals surface area contributed by atoms with Crippen molar-refractivity contribution in [3.05, 3.63) is 0 Å². The summed E-state index contributed by atoms with van der Waals surface area (Å²) in [5, 5.41) is 2.98. The van der Waals surface area contributed by atoms with E-state index in [9.17, 15) is 9.59 Å². The van der Waals surface area contributed by atoms with Crippen LogP contribution in [0, 0.1) is 11.8 Å². The van der Waals surface area contributed by atoms with Crippen molar-refractivity contribution in [2.45, 2.75) is 26.8 Å². The molecule has 0 rings (SSSR count). The van der Waals surface area contributed by atoms with E-state index in [2.05, 4.69) is 10.1 Å². The van der Waals surface area contributed by atoms with Crippen LogP contribution < -0.4 is 11.1 Å². The summed E-state index contributed by atoms with van der Waals surface area (Å²) < 4.78 is 4.65. The molecule has 15 heavy (non-hydrogen) atoms. The van der Waals surface area contributed by atoms with E-state index in [1.807, 2.05) is 13.8 Å². The maximum atomic E-state index is 11.3. The molecule has 0 aliphatic carbocycles. The number of primary amides is 1. The monoisotopic (exact) mass is 216 g/mol. The van der Waals surface area contributed by atoms with Crippen LogP contribution in [-0.2, 0) is 14.3 Å². The number of hydrogen-bond donors (Lipinski definition) is 2. The van der Waals surface area contributed by atoms with Crippen LogP contribution in [0.4, 0.5) is 0 Å². The maximum absolute atomic E-state index is 11.3. The number of nitrogens with one attached hydrogen (secondary N) is 1. The number of methoxy groups -OCH3 is 1. The molecule has 0 aliphatic rings. The zero-order chi connectivity index (χ0) is 12.0. The molecule has 0 aromatic heterocycles. The van der Waals surface area contributed by atoms with Crippen molar-refractivity contribution in [3.63, 3.8) is 0 Å². The van der Waals surface area contributed by atoms with Gasteiger partial charge in [0.2, 0.25) is 5.91 Å². The SMILES string of the molecule is COC(=O)C(NCC(C)C(N)=O)C(C)C. The van der Waals surface area contributed by atoms with Crippen LogP contribution in [0.1, 0.15) is 20.8 Å². The zero-order valence-corrected chi connectivity index (χ0v) is 9.74. The van der Waals surface area contributed by atoms with Crippen molar-refractivity contribution >= 4 is 11.9 Å². The van der Waals surface area contributed by atoms with Crippen LogP contribution in [-0.4, -0.2) is 31.6 Å². The number of ether oxygens (including phenoxy) is 1. The fraction of sp³-hybridized carbons (Fsp3) is 0.800. The van der Waals surface area contributed by atoms with E-state index in [-0.39, 0.29) is 23.7 Å². The Morgan fingerprint density at radius 3 is 2.20 bits per heavy atom. The minimum Gasteiger partial charge on any atom is -0.468 e. The molecule has 0 aliphatic heterocycles. The topological polar surface area (TPSA) is 81.4 Å². The van der Waals surface area contributed by atoms with Crippen molar-refractivity contribution in [1.29, 1.82) is 0 Å². The van der Waals surface area contributed by atoms with E-state index >= 15 is 0 Å². The molecule has 2 unspecified atom stereocenters. The number of carbonyl (C=O) groups is 2. The lowest BCUT2D eigenvalue weighted by Crippen LogP contribution is -2.45. The van der Waals surface area contributed by atoms with Gasteiger partial charge in [-0.05, 0) is 5.92 Å². The Morgan fingerprint density at radius 2 is 1.87 bits per heavy atom. The Balaban J connectivity index is 4.19. The zero-order valence-electron chi connectivity index (χ0n) is 9.74. The Morgan fingerprint density at radius 1 is 1.33 bits per heavy atom. The number of carbonyl (C=O) groups excluding carboxylic acids is 2. The second-order valence-corrected chi connectivity index (χ2v) is 3.96. The van der Waals surface area contributed by atoms with Gasteiger partial charge in [-0.2, -0.15) is 0 Å². The molecule has 5 nitrogen and oxygen atoms in total. The normalized spacial score (nSPS) is 14.7. The molecule has 0 aromatic carbocycles. The van der Waals surface area contributed by atoms with E-state index in [4.69, 9.17) is 5.73 Å². The van der Waals surface area contributed by atoms with Crippen molar-refractivity contribution in [2.24, 2.45) is 17.6 Å². The Kier molecular flexibility index (Phi) is 5.93. The molecule has 1 amide bonds. The summed E-state index contributed by atoms with van der Waals surface area (Å²) in [6, 6.07) is -0.392. The lowest BCUT2D eigenvalue weighted by molar-refractivity contribution is -0.144. The van der Waals surface area contributed by atoms with Crippen LogP contribution in [0.5, 0.6) is 0 Å². The van der Waals surface area contributed by atoms with Crippen molar-refractivity contribution in [2.75, 3.05) is 13.7 Å². The minimum absolute atomic E-state index is 0.109. The molecule has 2 atom stereocenters. The van der Waals surface area contributed by atoms with Crippen LogP contribution >= 0.6 is 0 Å². The Labute approximate surface area is 90.4 Å². The predicted molar refractivity (Wildman–Crippen MR) is 57.0 cm³/mol. The third kappa shape index (κ3) is 4.78. The van der Waals surface area contributed by atoms with Gasteiger partial charge in [0, 0.05) is 12.5 Å². The van der Waals surface area contributed by atoms with Gasteiger partial charge in [-0.25, -0.2) is 0 Å². The summed E-state index contributed by atoms with van der Waals surface area (Å²) in [6.45, 7) is 5.91. The molecule has 0 bridgehead atoms. The highest BCUT2D eigenvalue weighted by molar-refractivity contribution is 5.77. The lowest BCUT2D eigenvalue weighted by Gasteiger charge is -2.21. The molecule has 0 saturated heterocycles. The standard InChI is InChI=1S/C10H20N2O3/c1-6(2)8(10(14)15-4)12-5-7(3)9(11)13/h6-8,12H,5H2,1-4H3,(H2,11,13). The fourth-order valence-corrected chi connectivity index (χ4v) is 1.12. The Hall–Kier alpha value is -1.10. The summed E-state index contributed by atoms with van der Waals surface area (Å²) in [5.74, 6) is -0.884. The third-order valence-electron chi connectivity index (χ3n) is 2.25. The largest absolute Gasteiger partial charge is 0.468 e. The maximum Gasteiger partial charge on any atom is 0.323 e. The molecule has 0 aromatic rings. The van der Waals surface area contributed by atoms with Gasteiger partial charge in [0.1, 0.15) is 6.04 Å². The average molecular weight is 216 g/mol. The quantitative estimate of drug-likeness (QED) is 0.607. The number of esters is 1. The molecule has 0 spiro atoms. The van der Waals surface area contributed by atoms with Gasteiger partial charge in [-0.3, -0.25) is 9.59 Å². The molecule has 88 valence electrons. The molecule has 0 saturated carbocycles. The average Bonchev–Trinajstić information content (AvgIpc) is 2.16. The highest BCUT2D eigenvalue weighted by Crippen LogP contribution is 2.04. The van der Waals surface area contributed by atoms with Gasteiger partial charge < -0.3 is 15.8 Å². The van der Waals surface area contributed by atoms with Crippen molar-refractivity contribution < 1.29 is 14.3 Å². The molecule has 0 heterocycles. The molecule has 3 N–H and O–H groups in total. The summed E-state index contributed by atoms with van der Waals surface area (Å²) in [4.78, 5) is 22.1. The van der Waals surface area contributed by atoms with Gasteiger partial charge in [-0.1, -0.05) is 20.8 Å². The minimum atomic E-state index is -0.392. The summed E-state index contributed by atoms with van der Waals surface area (Å²) in [7, 11) is 1.34.